The largest absolute Gasteiger partial charge is 0.330 e. The maximum absolute atomic E-state index is 4.10. The Kier molecular flexibility index (Phi) is 2.69. The second-order valence-corrected chi connectivity index (χ2v) is 4.59. The molecule has 1 aromatic heterocycles. The van der Waals surface area contributed by atoms with Crippen LogP contribution in [0.25, 0.3) is 0 Å². The van der Waals surface area contributed by atoms with E-state index in [0.717, 1.165) is 10.8 Å². The first-order chi connectivity index (χ1) is 6.74. The Morgan fingerprint density at radius 2 is 2.21 bits per heavy atom. The SMILES string of the molecule is Cc1cccc(Nc2nnc(S)s2)c1. The minimum absolute atomic E-state index is 0.667. The van der Waals surface area contributed by atoms with Gasteiger partial charge < -0.3 is 5.32 Å². The van der Waals surface area contributed by atoms with Crippen molar-refractivity contribution < 1.29 is 0 Å². The van der Waals surface area contributed by atoms with Crippen LogP contribution < -0.4 is 5.32 Å². The lowest BCUT2D eigenvalue weighted by Crippen LogP contribution is -1.89. The summed E-state index contributed by atoms with van der Waals surface area (Å²) in [5, 5.41) is 11.7. The number of rotatable bonds is 2. The van der Waals surface area contributed by atoms with E-state index < -0.39 is 0 Å². The standard InChI is InChI=1S/C9H9N3S2/c1-6-3-2-4-7(5-6)10-8-11-12-9(13)14-8/h2-5H,1H3,(H,10,11)(H,12,13). The van der Waals surface area contributed by atoms with E-state index in [9.17, 15) is 0 Å². The zero-order valence-corrected chi connectivity index (χ0v) is 9.27. The first-order valence-electron chi connectivity index (χ1n) is 4.10. The number of thiol groups is 1. The van der Waals surface area contributed by atoms with E-state index in [1.54, 1.807) is 0 Å². The molecule has 5 heteroatoms. The predicted molar refractivity (Wildman–Crippen MR) is 61.6 cm³/mol. The molecule has 1 heterocycles. The Morgan fingerprint density at radius 1 is 1.36 bits per heavy atom. The molecule has 2 aromatic rings. The van der Waals surface area contributed by atoms with E-state index in [1.807, 2.05) is 12.1 Å². The van der Waals surface area contributed by atoms with Crippen LogP contribution in [0.5, 0.6) is 0 Å². The summed E-state index contributed by atoms with van der Waals surface area (Å²) in [6.45, 7) is 2.05. The van der Waals surface area contributed by atoms with E-state index in [2.05, 4.69) is 47.2 Å². The minimum atomic E-state index is 0.667. The van der Waals surface area contributed by atoms with Gasteiger partial charge >= 0.3 is 0 Å². The van der Waals surface area contributed by atoms with Crippen molar-refractivity contribution in [1.82, 2.24) is 10.2 Å². The van der Waals surface area contributed by atoms with Gasteiger partial charge in [0.1, 0.15) is 0 Å². The van der Waals surface area contributed by atoms with Gasteiger partial charge in [0, 0.05) is 5.69 Å². The quantitative estimate of drug-likeness (QED) is 0.769. The number of aryl methyl sites for hydroxylation is 1. The molecule has 0 radical (unpaired) electrons. The number of benzene rings is 1. The molecular formula is C9H9N3S2. The van der Waals surface area contributed by atoms with Gasteiger partial charge in [-0.2, -0.15) is 0 Å². The normalized spacial score (nSPS) is 10.1. The maximum Gasteiger partial charge on any atom is 0.210 e. The van der Waals surface area contributed by atoms with E-state index in [4.69, 9.17) is 0 Å². The Balaban J connectivity index is 2.18. The summed E-state index contributed by atoms with van der Waals surface area (Å²) in [6, 6.07) is 8.10. The molecule has 0 saturated carbocycles. The molecule has 0 atom stereocenters. The molecule has 1 N–H and O–H groups in total. The van der Waals surface area contributed by atoms with Crippen LogP contribution in [-0.2, 0) is 0 Å². The Labute approximate surface area is 91.6 Å². The van der Waals surface area contributed by atoms with E-state index in [0.29, 0.717) is 4.34 Å². The van der Waals surface area contributed by atoms with Crippen LogP contribution in [0, 0.1) is 6.92 Å². The third-order valence-electron chi connectivity index (χ3n) is 1.68. The summed E-state index contributed by atoms with van der Waals surface area (Å²) in [5.74, 6) is 0. The predicted octanol–water partition coefficient (Wildman–Crippen LogP) is 2.88. The van der Waals surface area contributed by atoms with Crippen molar-refractivity contribution >= 4 is 34.8 Å². The van der Waals surface area contributed by atoms with Gasteiger partial charge in [-0.15, -0.1) is 22.8 Å². The van der Waals surface area contributed by atoms with Gasteiger partial charge in [-0.3, -0.25) is 0 Å². The first-order valence-corrected chi connectivity index (χ1v) is 5.36. The fraction of sp³-hybridized carbons (Fsp3) is 0.111. The van der Waals surface area contributed by atoms with Crippen molar-refractivity contribution in [3.8, 4) is 0 Å². The molecular weight excluding hydrogens is 214 g/mol. The number of nitrogens with one attached hydrogen (secondary N) is 1. The van der Waals surface area contributed by atoms with Crippen LogP contribution in [0.3, 0.4) is 0 Å². The van der Waals surface area contributed by atoms with Crippen LogP contribution in [0.2, 0.25) is 0 Å². The highest BCUT2D eigenvalue weighted by atomic mass is 32.2. The highest BCUT2D eigenvalue weighted by molar-refractivity contribution is 7.82. The highest BCUT2D eigenvalue weighted by Gasteiger charge is 2.00. The Bertz CT molecular complexity index is 439. The van der Waals surface area contributed by atoms with Gasteiger partial charge in [0.25, 0.3) is 0 Å². The summed E-state index contributed by atoms with van der Waals surface area (Å²) < 4.78 is 0.667. The minimum Gasteiger partial charge on any atom is -0.330 e. The fourth-order valence-corrected chi connectivity index (χ4v) is 1.92. The monoisotopic (exact) mass is 223 g/mol. The number of nitrogens with zero attached hydrogens (tertiary/aromatic N) is 2. The lowest BCUT2D eigenvalue weighted by atomic mass is 10.2. The number of anilines is 2. The number of hydrogen-bond acceptors (Lipinski definition) is 5. The van der Waals surface area contributed by atoms with Crippen LogP contribution in [-0.4, -0.2) is 10.2 Å². The van der Waals surface area contributed by atoms with Crippen molar-refractivity contribution in [3.63, 3.8) is 0 Å². The van der Waals surface area contributed by atoms with E-state index in [-0.39, 0.29) is 0 Å². The molecule has 0 aliphatic rings. The molecule has 0 saturated heterocycles. The summed E-state index contributed by atoms with van der Waals surface area (Å²) in [5.41, 5.74) is 2.24. The highest BCUT2D eigenvalue weighted by Crippen LogP contribution is 2.22. The second-order valence-electron chi connectivity index (χ2n) is 2.88. The lowest BCUT2D eigenvalue weighted by molar-refractivity contribution is 1.02. The van der Waals surface area contributed by atoms with Crippen molar-refractivity contribution in [3.05, 3.63) is 29.8 Å². The second kappa shape index (κ2) is 3.98. The summed E-state index contributed by atoms with van der Waals surface area (Å²) in [7, 11) is 0. The van der Waals surface area contributed by atoms with Gasteiger partial charge in [-0.1, -0.05) is 23.5 Å². The van der Waals surface area contributed by atoms with Crippen LogP contribution in [0.1, 0.15) is 5.56 Å². The molecule has 0 amide bonds. The average molecular weight is 223 g/mol. The molecule has 0 aliphatic carbocycles. The zero-order valence-electron chi connectivity index (χ0n) is 7.56. The molecule has 0 fully saturated rings. The summed E-state index contributed by atoms with van der Waals surface area (Å²) in [6.07, 6.45) is 0. The van der Waals surface area contributed by atoms with Gasteiger partial charge in [-0.25, -0.2) is 0 Å². The molecule has 0 aliphatic heterocycles. The fourth-order valence-electron chi connectivity index (χ4n) is 1.11. The molecule has 3 nitrogen and oxygen atoms in total. The number of aromatic nitrogens is 2. The summed E-state index contributed by atoms with van der Waals surface area (Å²) >= 11 is 5.52. The van der Waals surface area contributed by atoms with Crippen molar-refractivity contribution in [2.24, 2.45) is 0 Å². The molecule has 0 spiro atoms. The smallest absolute Gasteiger partial charge is 0.210 e. The molecule has 0 bridgehead atoms. The summed E-state index contributed by atoms with van der Waals surface area (Å²) in [4.78, 5) is 0. The van der Waals surface area contributed by atoms with Crippen LogP contribution >= 0.6 is 24.0 Å². The zero-order chi connectivity index (χ0) is 9.97. The average Bonchev–Trinajstić information content (AvgIpc) is 2.51. The molecule has 2 rings (SSSR count). The van der Waals surface area contributed by atoms with Crippen molar-refractivity contribution in [2.45, 2.75) is 11.3 Å². The molecule has 14 heavy (non-hydrogen) atoms. The topological polar surface area (TPSA) is 37.8 Å². The van der Waals surface area contributed by atoms with Gasteiger partial charge in [0.05, 0.1) is 0 Å². The van der Waals surface area contributed by atoms with Crippen molar-refractivity contribution in [1.29, 1.82) is 0 Å². The molecule has 0 unspecified atom stereocenters. The van der Waals surface area contributed by atoms with E-state index in [1.165, 1.54) is 16.9 Å². The van der Waals surface area contributed by atoms with E-state index >= 15 is 0 Å². The molecule has 72 valence electrons. The van der Waals surface area contributed by atoms with Crippen LogP contribution in [0.15, 0.2) is 28.6 Å². The number of hydrogen-bond donors (Lipinski definition) is 2. The van der Waals surface area contributed by atoms with Gasteiger partial charge in [-0.05, 0) is 24.6 Å². The van der Waals surface area contributed by atoms with Crippen LogP contribution in [0.4, 0.5) is 10.8 Å². The van der Waals surface area contributed by atoms with Gasteiger partial charge in [0.15, 0.2) is 4.34 Å². The maximum atomic E-state index is 4.10. The third-order valence-corrected chi connectivity index (χ3v) is 2.69. The lowest BCUT2D eigenvalue weighted by Gasteiger charge is -2.01. The van der Waals surface area contributed by atoms with Crippen molar-refractivity contribution in [2.75, 3.05) is 5.32 Å². The Hall–Kier alpha value is -1.07. The first kappa shape index (κ1) is 9.48. The van der Waals surface area contributed by atoms with Gasteiger partial charge in [0.2, 0.25) is 5.13 Å². The molecule has 1 aromatic carbocycles. The third kappa shape index (κ3) is 2.24. The Morgan fingerprint density at radius 3 is 2.86 bits per heavy atom.